The molecule has 0 aliphatic heterocycles. The van der Waals surface area contributed by atoms with E-state index in [0.717, 1.165) is 35.9 Å². The van der Waals surface area contributed by atoms with Gasteiger partial charge in [-0.15, -0.1) is 6.58 Å². The summed E-state index contributed by atoms with van der Waals surface area (Å²) in [6, 6.07) is 5.65. The third-order valence-corrected chi connectivity index (χ3v) is 2.84. The van der Waals surface area contributed by atoms with Crippen molar-refractivity contribution in [1.82, 2.24) is 5.32 Å². The lowest BCUT2D eigenvalue weighted by molar-refractivity contribution is 0.140. The van der Waals surface area contributed by atoms with Crippen LogP contribution >= 0.6 is 11.6 Å². The topological polar surface area (TPSA) is 30.5 Å². The SMILES string of the molecule is C=CCCOCCNCc1c(Cl)cccc1OC. The van der Waals surface area contributed by atoms with Gasteiger partial charge in [0.1, 0.15) is 5.75 Å². The zero-order chi connectivity index (χ0) is 13.2. The Hall–Kier alpha value is -1.03. The van der Waals surface area contributed by atoms with Gasteiger partial charge in [-0.1, -0.05) is 23.7 Å². The Morgan fingerprint density at radius 2 is 2.22 bits per heavy atom. The average molecular weight is 270 g/mol. The van der Waals surface area contributed by atoms with Gasteiger partial charge in [-0.25, -0.2) is 0 Å². The molecule has 0 aliphatic rings. The Labute approximate surface area is 114 Å². The first-order valence-electron chi connectivity index (χ1n) is 6.00. The van der Waals surface area contributed by atoms with Crippen molar-refractivity contribution in [3.05, 3.63) is 41.4 Å². The van der Waals surface area contributed by atoms with Crippen molar-refractivity contribution in [2.75, 3.05) is 26.9 Å². The van der Waals surface area contributed by atoms with E-state index in [9.17, 15) is 0 Å². The van der Waals surface area contributed by atoms with E-state index < -0.39 is 0 Å². The molecular formula is C14H20ClNO2. The van der Waals surface area contributed by atoms with Gasteiger partial charge in [-0.05, 0) is 18.6 Å². The molecule has 0 spiro atoms. The van der Waals surface area contributed by atoms with E-state index in [2.05, 4.69) is 11.9 Å². The number of hydrogen-bond donors (Lipinski definition) is 1. The predicted molar refractivity (Wildman–Crippen MR) is 75.3 cm³/mol. The van der Waals surface area contributed by atoms with Gasteiger partial charge in [-0.3, -0.25) is 0 Å². The molecule has 0 heterocycles. The van der Waals surface area contributed by atoms with Crippen LogP contribution < -0.4 is 10.1 Å². The Kier molecular flexibility index (Phi) is 7.49. The molecule has 0 aliphatic carbocycles. The van der Waals surface area contributed by atoms with Crippen LogP contribution in [0.15, 0.2) is 30.9 Å². The van der Waals surface area contributed by atoms with Crippen LogP contribution in [0.3, 0.4) is 0 Å². The second-order valence-corrected chi connectivity index (χ2v) is 4.19. The fourth-order valence-electron chi connectivity index (χ4n) is 1.53. The minimum atomic E-state index is 0.674. The molecule has 0 saturated carbocycles. The van der Waals surface area contributed by atoms with Crippen LogP contribution in [0.5, 0.6) is 5.75 Å². The van der Waals surface area contributed by atoms with E-state index in [1.165, 1.54) is 0 Å². The molecule has 1 aromatic carbocycles. The number of halogens is 1. The molecule has 4 heteroatoms. The van der Waals surface area contributed by atoms with Crippen molar-refractivity contribution in [2.45, 2.75) is 13.0 Å². The molecule has 0 atom stereocenters. The Bertz CT molecular complexity index is 369. The first kappa shape index (κ1) is 15.0. The highest BCUT2D eigenvalue weighted by molar-refractivity contribution is 6.31. The number of benzene rings is 1. The molecule has 0 saturated heterocycles. The maximum Gasteiger partial charge on any atom is 0.124 e. The molecular weight excluding hydrogens is 250 g/mol. The largest absolute Gasteiger partial charge is 0.496 e. The van der Waals surface area contributed by atoms with Crippen LogP contribution in [0, 0.1) is 0 Å². The summed E-state index contributed by atoms with van der Waals surface area (Å²) >= 11 is 6.13. The molecule has 1 aromatic rings. The summed E-state index contributed by atoms with van der Waals surface area (Å²) in [5, 5.41) is 4.00. The average Bonchev–Trinajstić information content (AvgIpc) is 2.39. The van der Waals surface area contributed by atoms with Crippen LogP contribution in [0.4, 0.5) is 0 Å². The monoisotopic (exact) mass is 269 g/mol. The first-order chi connectivity index (χ1) is 8.79. The number of ether oxygens (including phenoxy) is 2. The van der Waals surface area contributed by atoms with Crippen molar-refractivity contribution in [1.29, 1.82) is 0 Å². The number of nitrogens with one attached hydrogen (secondary N) is 1. The van der Waals surface area contributed by atoms with Gasteiger partial charge >= 0.3 is 0 Å². The molecule has 18 heavy (non-hydrogen) atoms. The van der Waals surface area contributed by atoms with Crippen LogP contribution in [0.1, 0.15) is 12.0 Å². The summed E-state index contributed by atoms with van der Waals surface area (Å²) < 4.78 is 10.7. The second kappa shape index (κ2) is 8.97. The molecule has 0 bridgehead atoms. The first-order valence-corrected chi connectivity index (χ1v) is 6.38. The Morgan fingerprint density at radius 3 is 2.94 bits per heavy atom. The van der Waals surface area contributed by atoms with Crippen LogP contribution in [-0.4, -0.2) is 26.9 Å². The quantitative estimate of drug-likeness (QED) is 0.552. The summed E-state index contributed by atoms with van der Waals surface area (Å²) in [4.78, 5) is 0. The van der Waals surface area contributed by atoms with E-state index >= 15 is 0 Å². The summed E-state index contributed by atoms with van der Waals surface area (Å²) in [5.41, 5.74) is 0.979. The van der Waals surface area contributed by atoms with Crippen molar-refractivity contribution in [2.24, 2.45) is 0 Å². The molecule has 3 nitrogen and oxygen atoms in total. The van der Waals surface area contributed by atoms with Crippen molar-refractivity contribution in [3.8, 4) is 5.75 Å². The number of hydrogen-bond acceptors (Lipinski definition) is 3. The number of methoxy groups -OCH3 is 1. The fraction of sp³-hybridized carbons (Fsp3) is 0.429. The highest BCUT2D eigenvalue weighted by Gasteiger charge is 2.06. The number of rotatable bonds is 9. The van der Waals surface area contributed by atoms with Crippen LogP contribution in [0.2, 0.25) is 5.02 Å². The van der Waals surface area contributed by atoms with E-state index in [1.54, 1.807) is 7.11 Å². The highest BCUT2D eigenvalue weighted by Crippen LogP contribution is 2.25. The van der Waals surface area contributed by atoms with Crippen LogP contribution in [0.25, 0.3) is 0 Å². The molecule has 0 amide bonds. The second-order valence-electron chi connectivity index (χ2n) is 3.79. The lowest BCUT2D eigenvalue weighted by atomic mass is 10.2. The van der Waals surface area contributed by atoms with Gasteiger partial charge < -0.3 is 14.8 Å². The Morgan fingerprint density at radius 1 is 1.39 bits per heavy atom. The van der Waals surface area contributed by atoms with E-state index in [-0.39, 0.29) is 0 Å². The van der Waals surface area contributed by atoms with Gasteiger partial charge in [0.25, 0.3) is 0 Å². The van der Waals surface area contributed by atoms with E-state index in [1.807, 2.05) is 24.3 Å². The lowest BCUT2D eigenvalue weighted by Gasteiger charge is -2.11. The normalized spacial score (nSPS) is 10.3. The van der Waals surface area contributed by atoms with Crippen LogP contribution in [-0.2, 0) is 11.3 Å². The summed E-state index contributed by atoms with van der Waals surface area (Å²) in [6.45, 7) is 6.50. The van der Waals surface area contributed by atoms with Crippen molar-refractivity contribution in [3.63, 3.8) is 0 Å². The minimum absolute atomic E-state index is 0.674. The minimum Gasteiger partial charge on any atom is -0.496 e. The maximum atomic E-state index is 6.13. The third kappa shape index (κ3) is 5.08. The zero-order valence-corrected chi connectivity index (χ0v) is 11.5. The highest BCUT2D eigenvalue weighted by atomic mass is 35.5. The molecule has 0 unspecified atom stereocenters. The van der Waals surface area contributed by atoms with Gasteiger partial charge in [0.2, 0.25) is 0 Å². The molecule has 100 valence electrons. The molecule has 1 rings (SSSR count). The summed E-state index contributed by atoms with van der Waals surface area (Å²) in [6.07, 6.45) is 2.74. The molecule has 0 radical (unpaired) electrons. The zero-order valence-electron chi connectivity index (χ0n) is 10.7. The van der Waals surface area contributed by atoms with Gasteiger partial charge in [0.15, 0.2) is 0 Å². The summed E-state index contributed by atoms with van der Waals surface area (Å²) in [7, 11) is 1.65. The molecule has 1 N–H and O–H groups in total. The van der Waals surface area contributed by atoms with Crippen molar-refractivity contribution < 1.29 is 9.47 Å². The fourth-order valence-corrected chi connectivity index (χ4v) is 1.76. The van der Waals surface area contributed by atoms with E-state index in [4.69, 9.17) is 21.1 Å². The predicted octanol–water partition coefficient (Wildman–Crippen LogP) is 3.03. The van der Waals surface area contributed by atoms with Crippen molar-refractivity contribution >= 4 is 11.6 Å². The van der Waals surface area contributed by atoms with E-state index in [0.29, 0.717) is 13.2 Å². The van der Waals surface area contributed by atoms with Gasteiger partial charge in [0.05, 0.1) is 20.3 Å². The van der Waals surface area contributed by atoms with Gasteiger partial charge in [-0.2, -0.15) is 0 Å². The lowest BCUT2D eigenvalue weighted by Crippen LogP contribution is -2.20. The summed E-state index contributed by atoms with van der Waals surface area (Å²) in [5.74, 6) is 0.808. The maximum absolute atomic E-state index is 6.13. The standard InChI is InChI=1S/C14H20ClNO2/c1-3-4-9-18-10-8-16-11-12-13(15)6-5-7-14(12)17-2/h3,5-7,16H,1,4,8-11H2,2H3. The molecule has 0 aromatic heterocycles. The third-order valence-electron chi connectivity index (χ3n) is 2.49. The smallest absolute Gasteiger partial charge is 0.124 e. The van der Waals surface area contributed by atoms with Gasteiger partial charge in [0, 0.05) is 23.7 Å². The molecule has 0 fully saturated rings. The Balaban J connectivity index is 2.28.